The standard InChI is InChI=1S/C11H10Br3NO2/c12-5-3-7(13)10(8(14)4-5)15-9-2-1-6(9)11(16)17/h3-4,6,9,15H,1-2H2,(H,16,17). The molecule has 6 heteroatoms. The minimum atomic E-state index is -0.724. The fourth-order valence-electron chi connectivity index (χ4n) is 1.83. The van der Waals surface area contributed by atoms with Crippen LogP contribution in [0.3, 0.4) is 0 Å². The molecule has 1 fully saturated rings. The third-order valence-corrected chi connectivity index (χ3v) is 4.64. The van der Waals surface area contributed by atoms with E-state index >= 15 is 0 Å². The van der Waals surface area contributed by atoms with Crippen LogP contribution in [0.4, 0.5) is 5.69 Å². The summed E-state index contributed by atoms with van der Waals surface area (Å²) in [7, 11) is 0. The number of hydrogen-bond donors (Lipinski definition) is 2. The van der Waals surface area contributed by atoms with Crippen molar-refractivity contribution in [2.75, 3.05) is 5.32 Å². The second-order valence-corrected chi connectivity index (χ2v) is 6.64. The quantitative estimate of drug-likeness (QED) is 0.758. The molecule has 0 radical (unpaired) electrons. The van der Waals surface area contributed by atoms with Crippen LogP contribution < -0.4 is 5.32 Å². The maximum atomic E-state index is 10.9. The van der Waals surface area contributed by atoms with Gasteiger partial charge in [0, 0.05) is 19.5 Å². The molecule has 2 rings (SSSR count). The van der Waals surface area contributed by atoms with Crippen LogP contribution in [0.15, 0.2) is 25.6 Å². The SMILES string of the molecule is O=C(O)C1CCC1Nc1c(Br)cc(Br)cc1Br. The van der Waals surface area contributed by atoms with Crippen molar-refractivity contribution in [3.63, 3.8) is 0 Å². The van der Waals surface area contributed by atoms with Crippen LogP contribution in [0, 0.1) is 5.92 Å². The van der Waals surface area contributed by atoms with Crippen molar-refractivity contribution in [1.29, 1.82) is 0 Å². The van der Waals surface area contributed by atoms with E-state index in [-0.39, 0.29) is 12.0 Å². The van der Waals surface area contributed by atoms with Gasteiger partial charge in [0.1, 0.15) is 0 Å². The van der Waals surface area contributed by atoms with Crippen molar-refractivity contribution >= 4 is 59.4 Å². The van der Waals surface area contributed by atoms with E-state index in [1.165, 1.54) is 0 Å². The van der Waals surface area contributed by atoms with Crippen molar-refractivity contribution in [2.45, 2.75) is 18.9 Å². The fraction of sp³-hybridized carbons (Fsp3) is 0.364. The summed E-state index contributed by atoms with van der Waals surface area (Å²) >= 11 is 10.3. The molecule has 1 aromatic carbocycles. The zero-order valence-electron chi connectivity index (χ0n) is 8.71. The largest absolute Gasteiger partial charge is 0.481 e. The number of carbonyl (C=O) groups is 1. The highest BCUT2D eigenvalue weighted by molar-refractivity contribution is 9.11. The van der Waals surface area contributed by atoms with Crippen molar-refractivity contribution in [1.82, 2.24) is 0 Å². The number of halogens is 3. The van der Waals surface area contributed by atoms with Crippen LogP contribution in [0.25, 0.3) is 0 Å². The molecule has 3 nitrogen and oxygen atoms in total. The predicted molar refractivity (Wildman–Crippen MR) is 77.3 cm³/mol. The van der Waals surface area contributed by atoms with Crippen LogP contribution >= 0.6 is 47.8 Å². The van der Waals surface area contributed by atoms with Crippen LogP contribution in [-0.2, 0) is 4.79 Å². The third-order valence-electron chi connectivity index (χ3n) is 2.93. The van der Waals surface area contributed by atoms with Crippen LogP contribution in [0.5, 0.6) is 0 Å². The molecule has 0 bridgehead atoms. The van der Waals surface area contributed by atoms with E-state index in [1.807, 2.05) is 12.1 Å². The van der Waals surface area contributed by atoms with Gasteiger partial charge in [-0.3, -0.25) is 4.79 Å². The summed E-state index contributed by atoms with van der Waals surface area (Å²) in [4.78, 5) is 10.9. The Morgan fingerprint density at radius 1 is 1.24 bits per heavy atom. The lowest BCUT2D eigenvalue weighted by Crippen LogP contribution is -2.43. The Morgan fingerprint density at radius 2 is 1.82 bits per heavy atom. The molecule has 0 spiro atoms. The number of hydrogen-bond acceptors (Lipinski definition) is 2. The van der Waals surface area contributed by atoms with E-state index < -0.39 is 5.97 Å². The Morgan fingerprint density at radius 3 is 2.24 bits per heavy atom. The maximum absolute atomic E-state index is 10.9. The van der Waals surface area contributed by atoms with Gasteiger partial charge < -0.3 is 10.4 Å². The van der Waals surface area contributed by atoms with Gasteiger partial charge in [0.25, 0.3) is 0 Å². The van der Waals surface area contributed by atoms with Gasteiger partial charge in [-0.1, -0.05) is 15.9 Å². The smallest absolute Gasteiger partial charge is 0.308 e. The Labute approximate surface area is 124 Å². The summed E-state index contributed by atoms with van der Waals surface area (Å²) in [5.74, 6) is -1.00. The molecular formula is C11H10Br3NO2. The lowest BCUT2D eigenvalue weighted by Gasteiger charge is -2.35. The Bertz CT molecular complexity index is 441. The van der Waals surface area contributed by atoms with Crippen molar-refractivity contribution in [3.8, 4) is 0 Å². The number of benzene rings is 1. The van der Waals surface area contributed by atoms with Crippen LogP contribution in [-0.4, -0.2) is 17.1 Å². The Balaban J connectivity index is 2.17. The van der Waals surface area contributed by atoms with Gasteiger partial charge in [0.2, 0.25) is 0 Å². The highest BCUT2D eigenvalue weighted by Crippen LogP contribution is 2.38. The highest BCUT2D eigenvalue weighted by atomic mass is 79.9. The summed E-state index contributed by atoms with van der Waals surface area (Å²) in [5.41, 5.74) is 0.907. The molecule has 0 heterocycles. The average molecular weight is 428 g/mol. The van der Waals surface area contributed by atoms with Gasteiger partial charge >= 0.3 is 5.97 Å². The molecule has 2 N–H and O–H groups in total. The monoisotopic (exact) mass is 425 g/mol. The normalized spacial score (nSPS) is 23.0. The molecule has 0 saturated heterocycles. The zero-order chi connectivity index (χ0) is 12.6. The molecule has 1 aliphatic rings. The van der Waals surface area contributed by atoms with Crippen molar-refractivity contribution < 1.29 is 9.90 Å². The molecule has 17 heavy (non-hydrogen) atoms. The average Bonchev–Trinajstić information content (AvgIpc) is 2.12. The second-order valence-electron chi connectivity index (χ2n) is 4.02. The second kappa shape index (κ2) is 5.28. The number of rotatable bonds is 3. The molecule has 1 saturated carbocycles. The topological polar surface area (TPSA) is 49.3 Å². The molecule has 2 atom stereocenters. The van der Waals surface area contributed by atoms with E-state index in [4.69, 9.17) is 5.11 Å². The lowest BCUT2D eigenvalue weighted by atomic mass is 9.79. The van der Waals surface area contributed by atoms with E-state index in [1.54, 1.807) is 0 Å². The molecule has 0 aliphatic heterocycles. The summed E-state index contributed by atoms with van der Waals surface area (Å²) in [6, 6.07) is 3.88. The van der Waals surface area contributed by atoms with Gasteiger partial charge in [-0.2, -0.15) is 0 Å². The van der Waals surface area contributed by atoms with Crippen LogP contribution in [0.2, 0.25) is 0 Å². The summed E-state index contributed by atoms with van der Waals surface area (Å²) in [6.45, 7) is 0. The molecule has 1 aliphatic carbocycles. The van der Waals surface area contributed by atoms with E-state index in [9.17, 15) is 4.79 Å². The van der Waals surface area contributed by atoms with Gasteiger partial charge in [-0.25, -0.2) is 0 Å². The first kappa shape index (κ1) is 13.4. The van der Waals surface area contributed by atoms with E-state index in [0.29, 0.717) is 0 Å². The zero-order valence-corrected chi connectivity index (χ0v) is 13.5. The van der Waals surface area contributed by atoms with E-state index in [0.717, 1.165) is 31.9 Å². The third kappa shape index (κ3) is 2.85. The molecule has 92 valence electrons. The summed E-state index contributed by atoms with van der Waals surface area (Å²) in [5, 5.41) is 12.3. The molecule has 0 aromatic heterocycles. The summed E-state index contributed by atoms with van der Waals surface area (Å²) < 4.78 is 2.79. The maximum Gasteiger partial charge on any atom is 0.308 e. The van der Waals surface area contributed by atoms with Crippen molar-refractivity contribution in [2.24, 2.45) is 5.92 Å². The number of carboxylic acids is 1. The van der Waals surface area contributed by atoms with Gasteiger partial charge in [-0.05, 0) is 56.8 Å². The van der Waals surface area contributed by atoms with Gasteiger partial charge in [0.05, 0.1) is 11.6 Å². The van der Waals surface area contributed by atoms with Gasteiger partial charge in [0.15, 0.2) is 0 Å². The van der Waals surface area contributed by atoms with Crippen LogP contribution in [0.1, 0.15) is 12.8 Å². The minimum Gasteiger partial charge on any atom is -0.481 e. The number of aliphatic carboxylic acids is 1. The lowest BCUT2D eigenvalue weighted by molar-refractivity contribution is -0.144. The minimum absolute atomic E-state index is 0.0151. The first-order chi connectivity index (χ1) is 7.99. The molecule has 0 amide bonds. The molecule has 2 unspecified atom stereocenters. The van der Waals surface area contributed by atoms with Crippen molar-refractivity contribution in [3.05, 3.63) is 25.6 Å². The highest BCUT2D eigenvalue weighted by Gasteiger charge is 2.37. The van der Waals surface area contributed by atoms with Gasteiger partial charge in [-0.15, -0.1) is 0 Å². The first-order valence-corrected chi connectivity index (χ1v) is 7.51. The van der Waals surface area contributed by atoms with E-state index in [2.05, 4.69) is 53.1 Å². The Hall–Kier alpha value is -0.0700. The fourth-order valence-corrected chi connectivity index (χ4v) is 4.32. The first-order valence-electron chi connectivity index (χ1n) is 5.13. The summed E-state index contributed by atoms with van der Waals surface area (Å²) in [6.07, 6.45) is 1.64. The Kier molecular flexibility index (Phi) is 4.15. The molecular weight excluding hydrogens is 418 g/mol. The predicted octanol–water partition coefficient (Wildman–Crippen LogP) is 4.25. The number of carboxylic acid groups (broad SMARTS) is 1. The number of nitrogens with one attached hydrogen (secondary N) is 1. The molecule has 1 aromatic rings. The number of anilines is 1.